The molecule has 0 unspecified atom stereocenters. The smallest absolute Gasteiger partial charge is 0.163 e. The van der Waals surface area contributed by atoms with Gasteiger partial charge in [0.2, 0.25) is 0 Å². The molecule has 0 radical (unpaired) electrons. The van der Waals surface area contributed by atoms with E-state index in [-0.39, 0.29) is 0 Å². The number of rotatable bonds is 4. The van der Waals surface area contributed by atoms with Gasteiger partial charge in [0.1, 0.15) is 11.6 Å². The van der Waals surface area contributed by atoms with Crippen molar-refractivity contribution >= 4 is 11.6 Å². The van der Waals surface area contributed by atoms with E-state index in [0.29, 0.717) is 6.04 Å². The van der Waals surface area contributed by atoms with Crippen LogP contribution in [0.3, 0.4) is 0 Å². The van der Waals surface area contributed by atoms with E-state index in [1.54, 1.807) is 0 Å². The van der Waals surface area contributed by atoms with Crippen LogP contribution in [0.15, 0.2) is 36.4 Å². The molecule has 2 aliphatic rings. The third-order valence-electron chi connectivity index (χ3n) is 4.50. The first-order valence-corrected chi connectivity index (χ1v) is 8.42. The van der Waals surface area contributed by atoms with Gasteiger partial charge in [0.05, 0.1) is 0 Å². The largest absolute Gasteiger partial charge is 0.367 e. The second kappa shape index (κ2) is 6.16. The maximum atomic E-state index is 4.84. The fourth-order valence-corrected chi connectivity index (χ4v) is 2.86. The second-order valence-electron chi connectivity index (χ2n) is 6.51. The number of piperazine rings is 1. The first-order chi connectivity index (χ1) is 11.3. The molecule has 2 heterocycles. The van der Waals surface area contributed by atoms with E-state index in [1.165, 1.54) is 12.8 Å². The SMILES string of the molecule is CN1CCN(c2cc(NC3CC3)nc(-c3ccccc3)n2)CC1. The Hall–Kier alpha value is -2.14. The molecule has 5 nitrogen and oxygen atoms in total. The summed E-state index contributed by atoms with van der Waals surface area (Å²) in [6.45, 7) is 4.20. The van der Waals surface area contributed by atoms with Crippen LogP contribution in [0.25, 0.3) is 11.4 Å². The van der Waals surface area contributed by atoms with Crippen LogP contribution in [0.1, 0.15) is 12.8 Å². The van der Waals surface area contributed by atoms with E-state index < -0.39 is 0 Å². The summed E-state index contributed by atoms with van der Waals surface area (Å²) in [4.78, 5) is 14.3. The van der Waals surface area contributed by atoms with Crippen LogP contribution in [-0.4, -0.2) is 54.1 Å². The summed E-state index contributed by atoms with van der Waals surface area (Å²) in [6, 6.07) is 12.9. The van der Waals surface area contributed by atoms with E-state index in [0.717, 1.165) is 49.2 Å². The van der Waals surface area contributed by atoms with Gasteiger partial charge in [-0.2, -0.15) is 0 Å². The summed E-state index contributed by atoms with van der Waals surface area (Å²) in [5.74, 6) is 2.80. The monoisotopic (exact) mass is 309 g/mol. The Morgan fingerprint density at radius 1 is 1.00 bits per heavy atom. The number of aromatic nitrogens is 2. The summed E-state index contributed by atoms with van der Waals surface area (Å²) in [7, 11) is 2.17. The predicted molar refractivity (Wildman–Crippen MR) is 93.8 cm³/mol. The minimum Gasteiger partial charge on any atom is -0.367 e. The van der Waals surface area contributed by atoms with Gasteiger partial charge in [0, 0.05) is 43.9 Å². The van der Waals surface area contributed by atoms with E-state index in [2.05, 4.69) is 40.4 Å². The van der Waals surface area contributed by atoms with E-state index in [1.807, 2.05) is 18.2 Å². The van der Waals surface area contributed by atoms with Crippen molar-refractivity contribution in [3.63, 3.8) is 0 Å². The third-order valence-corrected chi connectivity index (χ3v) is 4.50. The lowest BCUT2D eigenvalue weighted by molar-refractivity contribution is 0.312. The van der Waals surface area contributed by atoms with Crippen molar-refractivity contribution in [2.24, 2.45) is 0 Å². The molecule has 4 rings (SSSR count). The molecule has 120 valence electrons. The zero-order valence-electron chi connectivity index (χ0n) is 13.6. The molecule has 1 aliphatic heterocycles. The van der Waals surface area contributed by atoms with Gasteiger partial charge in [-0.15, -0.1) is 0 Å². The van der Waals surface area contributed by atoms with Gasteiger partial charge >= 0.3 is 0 Å². The lowest BCUT2D eigenvalue weighted by Crippen LogP contribution is -2.44. The zero-order valence-corrected chi connectivity index (χ0v) is 13.6. The van der Waals surface area contributed by atoms with E-state index in [9.17, 15) is 0 Å². The van der Waals surface area contributed by atoms with Crippen LogP contribution < -0.4 is 10.2 Å². The molecule has 2 fully saturated rings. The highest BCUT2D eigenvalue weighted by Crippen LogP contribution is 2.28. The Morgan fingerprint density at radius 3 is 2.43 bits per heavy atom. The van der Waals surface area contributed by atoms with Gasteiger partial charge < -0.3 is 15.1 Å². The van der Waals surface area contributed by atoms with Gasteiger partial charge in [-0.1, -0.05) is 30.3 Å². The standard InChI is InChI=1S/C18H23N5/c1-22-9-11-23(12-10-22)17-13-16(19-15-7-8-15)20-18(21-17)14-5-3-2-4-6-14/h2-6,13,15H,7-12H2,1H3,(H,19,20,21). The molecule has 0 atom stereocenters. The Balaban J connectivity index is 1.66. The Morgan fingerprint density at radius 2 is 1.74 bits per heavy atom. The van der Waals surface area contributed by atoms with Crippen LogP contribution in [0, 0.1) is 0 Å². The number of anilines is 2. The molecule has 0 spiro atoms. The number of hydrogen-bond donors (Lipinski definition) is 1. The Bertz CT molecular complexity index is 660. The normalized spacial score (nSPS) is 18.9. The summed E-state index contributed by atoms with van der Waals surface area (Å²) >= 11 is 0. The van der Waals surface area contributed by atoms with Crippen LogP contribution in [0.4, 0.5) is 11.6 Å². The molecule has 2 aromatic rings. The Kier molecular flexibility index (Phi) is 3.87. The van der Waals surface area contributed by atoms with E-state index >= 15 is 0 Å². The minimum absolute atomic E-state index is 0.592. The van der Waals surface area contributed by atoms with Gasteiger partial charge in [-0.3, -0.25) is 0 Å². The Labute approximate surface area is 137 Å². The average Bonchev–Trinajstić information content (AvgIpc) is 3.40. The van der Waals surface area contributed by atoms with Crippen LogP contribution in [0.2, 0.25) is 0 Å². The topological polar surface area (TPSA) is 44.3 Å². The highest BCUT2D eigenvalue weighted by atomic mass is 15.3. The summed E-state index contributed by atoms with van der Waals surface area (Å²) in [5.41, 5.74) is 1.07. The summed E-state index contributed by atoms with van der Waals surface area (Å²) in [6.07, 6.45) is 2.49. The van der Waals surface area contributed by atoms with Crippen molar-refractivity contribution in [3.8, 4) is 11.4 Å². The number of likely N-dealkylation sites (N-methyl/N-ethyl adjacent to an activating group) is 1. The molecule has 1 saturated heterocycles. The fraction of sp³-hybridized carbons (Fsp3) is 0.444. The third kappa shape index (κ3) is 3.45. The van der Waals surface area contributed by atoms with Crippen molar-refractivity contribution < 1.29 is 0 Å². The maximum absolute atomic E-state index is 4.84. The van der Waals surface area contributed by atoms with Gasteiger partial charge in [0.15, 0.2) is 5.82 Å². The molecule has 23 heavy (non-hydrogen) atoms. The zero-order chi connectivity index (χ0) is 15.6. The lowest BCUT2D eigenvalue weighted by Gasteiger charge is -2.33. The van der Waals surface area contributed by atoms with Gasteiger partial charge in [-0.25, -0.2) is 9.97 Å². The molecule has 0 amide bonds. The summed E-state index contributed by atoms with van der Waals surface area (Å²) < 4.78 is 0. The lowest BCUT2D eigenvalue weighted by atomic mass is 10.2. The quantitative estimate of drug-likeness (QED) is 0.940. The van der Waals surface area contributed by atoms with Crippen LogP contribution >= 0.6 is 0 Å². The molecular formula is C18H23N5. The number of nitrogens with one attached hydrogen (secondary N) is 1. The number of nitrogens with zero attached hydrogens (tertiary/aromatic N) is 4. The molecule has 1 aromatic heterocycles. The van der Waals surface area contributed by atoms with Crippen molar-refractivity contribution in [2.75, 3.05) is 43.4 Å². The van der Waals surface area contributed by atoms with Gasteiger partial charge in [-0.05, 0) is 19.9 Å². The molecule has 1 saturated carbocycles. The maximum Gasteiger partial charge on any atom is 0.163 e. The number of benzene rings is 1. The van der Waals surface area contributed by atoms with Crippen molar-refractivity contribution in [2.45, 2.75) is 18.9 Å². The highest BCUT2D eigenvalue weighted by Gasteiger charge is 2.23. The second-order valence-corrected chi connectivity index (χ2v) is 6.51. The average molecular weight is 309 g/mol. The predicted octanol–water partition coefficient (Wildman–Crippen LogP) is 2.47. The highest BCUT2D eigenvalue weighted by molar-refractivity contribution is 5.62. The first-order valence-electron chi connectivity index (χ1n) is 8.42. The molecule has 5 heteroatoms. The molecule has 1 aliphatic carbocycles. The van der Waals surface area contributed by atoms with Crippen LogP contribution in [0.5, 0.6) is 0 Å². The fourth-order valence-electron chi connectivity index (χ4n) is 2.86. The van der Waals surface area contributed by atoms with Crippen molar-refractivity contribution in [1.82, 2.24) is 14.9 Å². The van der Waals surface area contributed by atoms with Crippen LogP contribution in [-0.2, 0) is 0 Å². The minimum atomic E-state index is 0.592. The molecule has 1 N–H and O–H groups in total. The molecule has 0 bridgehead atoms. The van der Waals surface area contributed by atoms with Crippen molar-refractivity contribution in [1.29, 1.82) is 0 Å². The summed E-state index contributed by atoms with van der Waals surface area (Å²) in [5, 5.41) is 3.53. The molecular weight excluding hydrogens is 286 g/mol. The van der Waals surface area contributed by atoms with Gasteiger partial charge in [0.25, 0.3) is 0 Å². The molecule has 1 aromatic carbocycles. The first kappa shape index (κ1) is 14.5. The van der Waals surface area contributed by atoms with Crippen molar-refractivity contribution in [3.05, 3.63) is 36.4 Å². The van der Waals surface area contributed by atoms with E-state index in [4.69, 9.17) is 9.97 Å². The number of hydrogen-bond acceptors (Lipinski definition) is 5.